The monoisotopic (exact) mass is 302 g/mol. The highest BCUT2D eigenvalue weighted by atomic mass is 35.5. The summed E-state index contributed by atoms with van der Waals surface area (Å²) in [6.07, 6.45) is 6.06. The van der Waals surface area contributed by atoms with Gasteiger partial charge in [-0.05, 0) is 68.1 Å². The second-order valence-corrected chi connectivity index (χ2v) is 7.97. The topological polar surface area (TPSA) is 41.1 Å². The van der Waals surface area contributed by atoms with E-state index in [-0.39, 0.29) is 11.3 Å². The lowest BCUT2D eigenvalue weighted by molar-refractivity contribution is -0.142. The number of nitrogens with one attached hydrogen (secondary N) is 2. The van der Waals surface area contributed by atoms with Gasteiger partial charge in [-0.3, -0.25) is 4.79 Å². The standard InChI is InChI=1S/C17H19ClN2O/c18-12-1-2-13-14(6-12)20-16(21)17-7-9-3-10(8-17)5-11(4-9)15(17)19-13/h1-2,6,9-11,15,19H,3-5,7-8H2,(H,20,21). The van der Waals surface area contributed by atoms with E-state index in [1.165, 1.54) is 19.3 Å². The van der Waals surface area contributed by atoms with Gasteiger partial charge in [0.25, 0.3) is 0 Å². The number of carbonyl (C=O) groups is 1. The first-order valence-electron chi connectivity index (χ1n) is 8.01. The van der Waals surface area contributed by atoms with Crippen molar-refractivity contribution in [3.05, 3.63) is 23.2 Å². The van der Waals surface area contributed by atoms with E-state index < -0.39 is 0 Å². The van der Waals surface area contributed by atoms with Gasteiger partial charge in [-0.25, -0.2) is 0 Å². The largest absolute Gasteiger partial charge is 0.379 e. The minimum absolute atomic E-state index is 0.194. The summed E-state index contributed by atoms with van der Waals surface area (Å²) in [6, 6.07) is 6.06. The Kier molecular flexibility index (Phi) is 2.32. The van der Waals surface area contributed by atoms with Crippen molar-refractivity contribution in [3.8, 4) is 0 Å². The number of rotatable bonds is 0. The number of amides is 1. The van der Waals surface area contributed by atoms with Crippen molar-refractivity contribution in [3.63, 3.8) is 0 Å². The average molecular weight is 303 g/mol. The fourth-order valence-corrected chi connectivity index (χ4v) is 5.96. The lowest BCUT2D eigenvalue weighted by Gasteiger charge is -2.59. The van der Waals surface area contributed by atoms with Crippen LogP contribution >= 0.6 is 11.6 Å². The summed E-state index contributed by atoms with van der Waals surface area (Å²) in [4.78, 5) is 13.0. The third kappa shape index (κ3) is 1.58. The van der Waals surface area contributed by atoms with E-state index in [0.717, 1.165) is 36.1 Å². The van der Waals surface area contributed by atoms with Crippen LogP contribution in [0.15, 0.2) is 18.2 Å². The van der Waals surface area contributed by atoms with E-state index in [1.54, 1.807) is 0 Å². The van der Waals surface area contributed by atoms with E-state index in [2.05, 4.69) is 10.6 Å². The van der Waals surface area contributed by atoms with Crippen LogP contribution < -0.4 is 10.6 Å². The van der Waals surface area contributed by atoms with E-state index in [4.69, 9.17) is 11.6 Å². The van der Waals surface area contributed by atoms with Crippen LogP contribution in [0.3, 0.4) is 0 Å². The Bertz CT molecular complexity index is 630. The van der Waals surface area contributed by atoms with Crippen molar-refractivity contribution in [2.45, 2.75) is 38.1 Å². The van der Waals surface area contributed by atoms with Crippen LogP contribution in [0.5, 0.6) is 0 Å². The van der Waals surface area contributed by atoms with Gasteiger partial charge in [-0.2, -0.15) is 0 Å². The number of hydrogen-bond donors (Lipinski definition) is 2. The maximum Gasteiger partial charge on any atom is 0.232 e. The summed E-state index contributed by atoms with van der Waals surface area (Å²) in [5.41, 5.74) is 1.68. The molecular weight excluding hydrogens is 284 g/mol. The van der Waals surface area contributed by atoms with E-state index in [9.17, 15) is 4.79 Å². The highest BCUT2D eigenvalue weighted by Crippen LogP contribution is 2.61. The zero-order chi connectivity index (χ0) is 14.2. The molecule has 4 aliphatic carbocycles. The molecule has 3 atom stereocenters. The molecule has 1 amide bonds. The van der Waals surface area contributed by atoms with Crippen LogP contribution in [0.25, 0.3) is 0 Å². The molecule has 1 aliphatic heterocycles. The van der Waals surface area contributed by atoms with Crippen LogP contribution in [0.2, 0.25) is 5.02 Å². The molecule has 4 bridgehead atoms. The lowest BCUT2D eigenvalue weighted by atomic mass is 9.47. The first-order chi connectivity index (χ1) is 10.1. The molecule has 3 nitrogen and oxygen atoms in total. The maximum atomic E-state index is 13.0. The molecule has 1 aromatic carbocycles. The Morgan fingerprint density at radius 1 is 1.10 bits per heavy atom. The number of fused-ring (bicyclic) bond motifs is 1. The molecule has 4 saturated carbocycles. The smallest absolute Gasteiger partial charge is 0.232 e. The summed E-state index contributed by atoms with van der Waals surface area (Å²) >= 11 is 6.09. The minimum Gasteiger partial charge on any atom is -0.379 e. The number of anilines is 2. The molecule has 1 aromatic rings. The molecule has 4 heteroatoms. The van der Waals surface area contributed by atoms with Crippen molar-refractivity contribution in [1.82, 2.24) is 0 Å². The highest BCUT2D eigenvalue weighted by molar-refractivity contribution is 6.31. The predicted molar refractivity (Wildman–Crippen MR) is 83.5 cm³/mol. The van der Waals surface area contributed by atoms with E-state index in [1.807, 2.05) is 18.2 Å². The summed E-state index contributed by atoms with van der Waals surface area (Å²) in [7, 11) is 0. The zero-order valence-corrected chi connectivity index (χ0v) is 12.6. The first kappa shape index (κ1) is 12.3. The average Bonchev–Trinajstić information content (AvgIpc) is 2.54. The van der Waals surface area contributed by atoms with Gasteiger partial charge in [-0.15, -0.1) is 0 Å². The van der Waals surface area contributed by atoms with Crippen LogP contribution in [-0.2, 0) is 4.79 Å². The van der Waals surface area contributed by atoms with Crippen molar-refractivity contribution in [2.75, 3.05) is 10.6 Å². The van der Waals surface area contributed by atoms with Crippen molar-refractivity contribution < 1.29 is 4.79 Å². The van der Waals surface area contributed by atoms with Crippen LogP contribution in [-0.4, -0.2) is 11.9 Å². The molecule has 5 aliphatic rings. The van der Waals surface area contributed by atoms with Gasteiger partial charge in [0.15, 0.2) is 0 Å². The van der Waals surface area contributed by atoms with Gasteiger partial charge >= 0.3 is 0 Å². The van der Waals surface area contributed by atoms with Gasteiger partial charge in [0.1, 0.15) is 0 Å². The molecule has 1 heterocycles. The Morgan fingerprint density at radius 2 is 1.86 bits per heavy atom. The summed E-state index contributed by atoms with van der Waals surface area (Å²) < 4.78 is 0. The fraction of sp³-hybridized carbons (Fsp3) is 0.588. The third-order valence-electron chi connectivity index (χ3n) is 6.30. The van der Waals surface area contributed by atoms with E-state index >= 15 is 0 Å². The van der Waals surface area contributed by atoms with Gasteiger partial charge in [0.05, 0.1) is 16.8 Å². The van der Waals surface area contributed by atoms with Crippen LogP contribution in [0, 0.1) is 23.2 Å². The molecule has 0 radical (unpaired) electrons. The first-order valence-corrected chi connectivity index (χ1v) is 8.39. The Labute approximate surface area is 129 Å². The molecule has 4 fully saturated rings. The van der Waals surface area contributed by atoms with Crippen molar-refractivity contribution >= 4 is 28.9 Å². The van der Waals surface area contributed by atoms with Gasteiger partial charge in [0.2, 0.25) is 5.91 Å². The summed E-state index contributed by atoms with van der Waals surface area (Å²) in [6.45, 7) is 0. The van der Waals surface area contributed by atoms with Gasteiger partial charge < -0.3 is 10.6 Å². The van der Waals surface area contributed by atoms with E-state index in [0.29, 0.717) is 17.0 Å². The summed E-state index contributed by atoms with van der Waals surface area (Å²) in [5, 5.41) is 7.55. The molecule has 1 spiro atoms. The second kappa shape index (κ2) is 3.95. The fourth-order valence-electron chi connectivity index (χ4n) is 5.78. The number of benzene rings is 1. The molecule has 0 aromatic heterocycles. The van der Waals surface area contributed by atoms with Crippen LogP contribution in [0.1, 0.15) is 32.1 Å². The highest BCUT2D eigenvalue weighted by Gasteiger charge is 2.61. The van der Waals surface area contributed by atoms with Gasteiger partial charge in [0, 0.05) is 11.1 Å². The lowest BCUT2D eigenvalue weighted by Crippen LogP contribution is -2.62. The number of carbonyl (C=O) groups excluding carboxylic acids is 1. The Morgan fingerprint density at radius 3 is 2.62 bits per heavy atom. The molecule has 110 valence electrons. The zero-order valence-electron chi connectivity index (χ0n) is 11.9. The third-order valence-corrected chi connectivity index (χ3v) is 6.54. The quantitative estimate of drug-likeness (QED) is 0.763. The van der Waals surface area contributed by atoms with Gasteiger partial charge in [-0.1, -0.05) is 11.6 Å². The van der Waals surface area contributed by atoms with Crippen LogP contribution in [0.4, 0.5) is 11.4 Å². The maximum absolute atomic E-state index is 13.0. The normalized spacial score (nSPS) is 42.6. The second-order valence-electron chi connectivity index (χ2n) is 7.53. The number of hydrogen-bond acceptors (Lipinski definition) is 2. The predicted octanol–water partition coefficient (Wildman–Crippen LogP) is 3.90. The molecule has 0 saturated heterocycles. The number of halogens is 1. The van der Waals surface area contributed by atoms with Crippen molar-refractivity contribution in [1.29, 1.82) is 0 Å². The Balaban J connectivity index is 1.64. The Hall–Kier alpha value is -1.22. The summed E-state index contributed by atoms with van der Waals surface area (Å²) in [5.74, 6) is 2.40. The minimum atomic E-state index is -0.194. The molecule has 6 rings (SSSR count). The SMILES string of the molecule is O=C1Nc2cc(Cl)ccc2NC2C3CC4CC(C3)CC12C4. The molecule has 3 unspecified atom stereocenters. The molecule has 2 N–H and O–H groups in total. The molecular formula is C17H19ClN2O. The molecule has 21 heavy (non-hydrogen) atoms. The van der Waals surface area contributed by atoms with Crippen molar-refractivity contribution in [2.24, 2.45) is 23.2 Å².